The molecule has 20 heavy (non-hydrogen) atoms. The van der Waals surface area contributed by atoms with Crippen LogP contribution >= 0.6 is 11.6 Å². The van der Waals surface area contributed by atoms with Gasteiger partial charge in [0, 0.05) is 39.1 Å². The first kappa shape index (κ1) is 15.8. The molecule has 0 aromatic carbocycles. The van der Waals surface area contributed by atoms with Crippen LogP contribution in [0, 0.1) is 6.92 Å². The van der Waals surface area contributed by atoms with Crippen molar-refractivity contribution in [3.63, 3.8) is 0 Å². The van der Waals surface area contributed by atoms with Gasteiger partial charge in [-0.2, -0.15) is 5.10 Å². The van der Waals surface area contributed by atoms with Gasteiger partial charge in [0.1, 0.15) is 0 Å². The predicted molar refractivity (Wildman–Crippen MR) is 81.2 cm³/mol. The van der Waals surface area contributed by atoms with Gasteiger partial charge in [0.05, 0.1) is 22.5 Å². The maximum absolute atomic E-state index is 10.4. The molecule has 0 bridgehead atoms. The number of hydrogen-bond acceptors (Lipinski definition) is 4. The Hall–Kier alpha value is -0.620. The first-order chi connectivity index (χ1) is 9.38. The minimum Gasteiger partial charge on any atom is -0.393 e. The second-order valence-electron chi connectivity index (χ2n) is 5.96. The van der Waals surface area contributed by atoms with Gasteiger partial charge in [0.25, 0.3) is 0 Å². The number of aliphatic hydroxyl groups excluding tert-OH is 1. The highest BCUT2D eigenvalue weighted by Crippen LogP contribution is 2.22. The van der Waals surface area contributed by atoms with Crippen LogP contribution in [0.4, 0.5) is 0 Å². The van der Waals surface area contributed by atoms with Crippen molar-refractivity contribution in [2.75, 3.05) is 33.7 Å². The molecule has 1 aliphatic rings. The molecule has 0 aliphatic carbocycles. The molecule has 0 radical (unpaired) electrons. The summed E-state index contributed by atoms with van der Waals surface area (Å²) in [6, 6.07) is 0.400. The van der Waals surface area contributed by atoms with E-state index in [0.717, 1.165) is 37.4 Å². The lowest BCUT2D eigenvalue weighted by molar-refractivity contribution is 0.0632. The van der Waals surface area contributed by atoms with Gasteiger partial charge in [-0.1, -0.05) is 11.6 Å². The van der Waals surface area contributed by atoms with Crippen LogP contribution < -0.4 is 0 Å². The van der Waals surface area contributed by atoms with Crippen molar-refractivity contribution in [3.8, 4) is 0 Å². The van der Waals surface area contributed by atoms with Gasteiger partial charge in [-0.3, -0.25) is 4.68 Å². The molecule has 2 unspecified atom stereocenters. The molecule has 1 aliphatic heterocycles. The Morgan fingerprint density at radius 1 is 1.35 bits per heavy atom. The van der Waals surface area contributed by atoms with E-state index in [1.54, 1.807) is 4.68 Å². The third-order valence-electron chi connectivity index (χ3n) is 4.21. The number of aromatic nitrogens is 2. The average Bonchev–Trinajstić information content (AvgIpc) is 2.61. The highest BCUT2D eigenvalue weighted by atomic mass is 35.5. The van der Waals surface area contributed by atoms with E-state index in [9.17, 15) is 5.11 Å². The van der Waals surface area contributed by atoms with Gasteiger partial charge in [-0.05, 0) is 27.4 Å². The summed E-state index contributed by atoms with van der Waals surface area (Å²) in [5.74, 6) is 0. The molecule has 2 rings (SSSR count). The Morgan fingerprint density at radius 3 is 2.65 bits per heavy atom. The van der Waals surface area contributed by atoms with Crippen molar-refractivity contribution < 1.29 is 5.11 Å². The zero-order chi connectivity index (χ0) is 14.9. The zero-order valence-corrected chi connectivity index (χ0v) is 13.6. The minimum absolute atomic E-state index is 0.388. The van der Waals surface area contributed by atoms with Crippen LogP contribution in [0.2, 0.25) is 5.02 Å². The molecule has 114 valence electrons. The van der Waals surface area contributed by atoms with Crippen molar-refractivity contribution >= 4 is 11.6 Å². The fourth-order valence-corrected chi connectivity index (χ4v) is 3.12. The van der Waals surface area contributed by atoms with Crippen LogP contribution in [-0.2, 0) is 13.5 Å². The molecule has 1 N–H and O–H groups in total. The van der Waals surface area contributed by atoms with Gasteiger partial charge in [0.2, 0.25) is 0 Å². The molecule has 0 amide bonds. The molecule has 1 fully saturated rings. The molecular weight excluding hydrogens is 276 g/mol. The lowest BCUT2D eigenvalue weighted by atomic mass is 10.0. The van der Waals surface area contributed by atoms with Crippen molar-refractivity contribution in [3.05, 3.63) is 16.4 Å². The molecule has 5 nitrogen and oxygen atoms in total. The van der Waals surface area contributed by atoms with Gasteiger partial charge < -0.3 is 14.9 Å². The molecular formula is C14H25ClN4O. The van der Waals surface area contributed by atoms with Crippen molar-refractivity contribution in [2.24, 2.45) is 7.05 Å². The quantitative estimate of drug-likeness (QED) is 0.898. The summed E-state index contributed by atoms with van der Waals surface area (Å²) in [6.07, 6.45) is 0.937. The molecule has 6 heteroatoms. The van der Waals surface area contributed by atoms with E-state index in [1.807, 2.05) is 14.0 Å². The van der Waals surface area contributed by atoms with E-state index in [2.05, 4.69) is 29.0 Å². The number of halogens is 1. The maximum Gasteiger partial charge on any atom is 0.0847 e. The Morgan fingerprint density at radius 2 is 2.05 bits per heavy atom. The molecule has 1 aromatic rings. The van der Waals surface area contributed by atoms with Crippen LogP contribution in [-0.4, -0.2) is 70.6 Å². The van der Waals surface area contributed by atoms with E-state index in [4.69, 9.17) is 11.6 Å². The molecule has 1 saturated heterocycles. The topological polar surface area (TPSA) is 44.5 Å². The lowest BCUT2D eigenvalue weighted by Gasteiger charge is -2.38. The Kier molecular flexibility index (Phi) is 5.07. The third-order valence-corrected chi connectivity index (χ3v) is 4.71. The number of piperazine rings is 1. The normalized spacial score (nSPS) is 23.2. The summed E-state index contributed by atoms with van der Waals surface area (Å²) in [5, 5.41) is 15.3. The highest BCUT2D eigenvalue weighted by Gasteiger charge is 2.25. The van der Waals surface area contributed by atoms with E-state index in [1.165, 1.54) is 0 Å². The lowest BCUT2D eigenvalue weighted by Crippen LogP contribution is -2.51. The van der Waals surface area contributed by atoms with Gasteiger partial charge in [-0.15, -0.1) is 0 Å². The Bertz CT molecular complexity index is 462. The fraction of sp³-hybridized carbons (Fsp3) is 0.786. The Labute approximate surface area is 126 Å². The molecule has 2 heterocycles. The number of likely N-dealkylation sites (N-methyl/N-ethyl adjacent to an activating group) is 2. The van der Waals surface area contributed by atoms with Crippen LogP contribution in [0.1, 0.15) is 17.8 Å². The van der Waals surface area contributed by atoms with Crippen LogP contribution in [0.3, 0.4) is 0 Å². The summed E-state index contributed by atoms with van der Waals surface area (Å²) in [4.78, 5) is 4.65. The van der Waals surface area contributed by atoms with Crippen LogP contribution in [0.15, 0.2) is 0 Å². The molecule has 0 spiro atoms. The zero-order valence-electron chi connectivity index (χ0n) is 12.8. The van der Waals surface area contributed by atoms with Gasteiger partial charge in [0.15, 0.2) is 0 Å². The Balaban J connectivity index is 1.96. The summed E-state index contributed by atoms with van der Waals surface area (Å²) < 4.78 is 1.78. The largest absolute Gasteiger partial charge is 0.393 e. The molecule has 0 saturated carbocycles. The van der Waals surface area contributed by atoms with E-state index < -0.39 is 0 Å². The van der Waals surface area contributed by atoms with E-state index in [-0.39, 0.29) is 6.10 Å². The second-order valence-corrected chi connectivity index (χ2v) is 6.34. The van der Waals surface area contributed by atoms with E-state index >= 15 is 0 Å². The third kappa shape index (κ3) is 3.52. The smallest absolute Gasteiger partial charge is 0.0847 e. The van der Waals surface area contributed by atoms with Crippen molar-refractivity contribution in [1.82, 2.24) is 19.6 Å². The minimum atomic E-state index is -0.388. The van der Waals surface area contributed by atoms with E-state index in [0.29, 0.717) is 17.5 Å². The first-order valence-electron chi connectivity index (χ1n) is 7.13. The number of hydrogen-bond donors (Lipinski definition) is 1. The van der Waals surface area contributed by atoms with Crippen LogP contribution in [0.5, 0.6) is 0 Å². The molecule has 2 atom stereocenters. The standard InChI is InChI=1S/C14H25ClN4O/c1-10-14(15)13(19(4)16-10)8-12(20)7-11-9-17(2)5-6-18(11)3/h11-12,20H,5-9H2,1-4H3. The van der Waals surface area contributed by atoms with Gasteiger partial charge in [-0.25, -0.2) is 0 Å². The number of rotatable bonds is 4. The first-order valence-corrected chi connectivity index (χ1v) is 7.51. The number of aliphatic hydroxyl groups is 1. The van der Waals surface area contributed by atoms with Crippen molar-refractivity contribution in [2.45, 2.75) is 31.9 Å². The molecule has 1 aromatic heterocycles. The summed E-state index contributed by atoms with van der Waals surface area (Å²) in [7, 11) is 6.14. The second kappa shape index (κ2) is 6.43. The SMILES string of the molecule is Cc1nn(C)c(CC(O)CC2CN(C)CCN2C)c1Cl. The summed E-state index contributed by atoms with van der Waals surface area (Å²) >= 11 is 6.24. The number of aryl methyl sites for hydroxylation is 2. The summed E-state index contributed by atoms with van der Waals surface area (Å²) in [6.45, 7) is 5.04. The van der Waals surface area contributed by atoms with Crippen LogP contribution in [0.25, 0.3) is 0 Å². The summed E-state index contributed by atoms with van der Waals surface area (Å²) in [5.41, 5.74) is 1.74. The fourth-order valence-electron chi connectivity index (χ4n) is 2.88. The highest BCUT2D eigenvalue weighted by molar-refractivity contribution is 6.31. The number of nitrogens with zero attached hydrogens (tertiary/aromatic N) is 4. The maximum atomic E-state index is 10.4. The van der Waals surface area contributed by atoms with Gasteiger partial charge >= 0.3 is 0 Å². The average molecular weight is 301 g/mol. The van der Waals surface area contributed by atoms with Crippen molar-refractivity contribution in [1.29, 1.82) is 0 Å². The predicted octanol–water partition coefficient (Wildman–Crippen LogP) is 0.921. The monoisotopic (exact) mass is 300 g/mol.